The fourth-order valence-corrected chi connectivity index (χ4v) is 2.59. The van der Waals surface area contributed by atoms with Crippen LogP contribution in [0.4, 0.5) is 4.39 Å². The van der Waals surface area contributed by atoms with Gasteiger partial charge in [-0.05, 0) is 28.1 Å². The van der Waals surface area contributed by atoms with Crippen LogP contribution in [0.2, 0.25) is 5.02 Å². The second-order valence-electron chi connectivity index (χ2n) is 3.38. The minimum atomic E-state index is -0.442. The Balaban J connectivity index is 2.64. The third-order valence-corrected chi connectivity index (χ3v) is 3.24. The molecule has 17 heavy (non-hydrogen) atoms. The van der Waals surface area contributed by atoms with Crippen LogP contribution in [0.15, 0.2) is 28.7 Å². The first-order valence-corrected chi connectivity index (χ1v) is 6.00. The van der Waals surface area contributed by atoms with Crippen molar-refractivity contribution >= 4 is 38.3 Å². The molecule has 0 saturated heterocycles. The van der Waals surface area contributed by atoms with Gasteiger partial charge in [-0.3, -0.25) is 0 Å². The van der Waals surface area contributed by atoms with E-state index in [0.29, 0.717) is 20.3 Å². The van der Waals surface area contributed by atoms with Gasteiger partial charge in [-0.1, -0.05) is 23.7 Å². The molecular formula is C12H9BrClFO2. The number of rotatable bonds is 3. The highest BCUT2D eigenvalue weighted by molar-refractivity contribution is 9.10. The largest absolute Gasteiger partial charge is 0.464 e. The lowest BCUT2D eigenvalue weighted by atomic mass is 10.1. The molecule has 0 N–H and O–H groups in total. The Bertz CT molecular complexity index is 560. The summed E-state index contributed by atoms with van der Waals surface area (Å²) in [5.41, 5.74) is 0. The lowest BCUT2D eigenvalue weighted by Gasteiger charge is -2.10. The van der Waals surface area contributed by atoms with Crippen LogP contribution in [-0.4, -0.2) is 13.9 Å². The van der Waals surface area contributed by atoms with Crippen molar-refractivity contribution in [3.05, 3.63) is 39.6 Å². The Morgan fingerprint density at radius 1 is 1.41 bits per heavy atom. The molecule has 2 aromatic rings. The van der Waals surface area contributed by atoms with Gasteiger partial charge in [0.25, 0.3) is 0 Å². The fraction of sp³-hybridized carbons (Fsp3) is 0.167. The van der Waals surface area contributed by atoms with Crippen LogP contribution in [0.25, 0.3) is 10.8 Å². The third-order valence-electron chi connectivity index (χ3n) is 2.30. The van der Waals surface area contributed by atoms with Gasteiger partial charge in [0.1, 0.15) is 0 Å². The van der Waals surface area contributed by atoms with E-state index in [-0.39, 0.29) is 12.5 Å². The summed E-state index contributed by atoms with van der Waals surface area (Å²) in [6, 6.07) is 6.60. The number of methoxy groups -OCH3 is 1. The molecule has 0 radical (unpaired) electrons. The van der Waals surface area contributed by atoms with Crippen LogP contribution in [0.5, 0.6) is 5.75 Å². The first kappa shape index (κ1) is 12.6. The van der Waals surface area contributed by atoms with E-state index in [1.807, 2.05) is 0 Å². The topological polar surface area (TPSA) is 18.5 Å². The molecule has 5 heteroatoms. The minimum absolute atomic E-state index is 0.00453. The smallest absolute Gasteiger partial charge is 0.188 e. The lowest BCUT2D eigenvalue weighted by Crippen LogP contribution is -2.01. The average Bonchev–Trinajstić information content (AvgIpc) is 2.31. The van der Waals surface area contributed by atoms with Crippen molar-refractivity contribution in [2.45, 2.75) is 0 Å². The second-order valence-corrected chi connectivity index (χ2v) is 4.65. The van der Waals surface area contributed by atoms with Crippen LogP contribution < -0.4 is 4.74 Å². The normalized spacial score (nSPS) is 10.8. The van der Waals surface area contributed by atoms with Crippen molar-refractivity contribution in [3.63, 3.8) is 0 Å². The Kier molecular flexibility index (Phi) is 3.86. The third kappa shape index (κ3) is 2.39. The molecular weight excluding hydrogens is 310 g/mol. The highest BCUT2D eigenvalue weighted by Gasteiger charge is 2.13. The van der Waals surface area contributed by atoms with Gasteiger partial charge < -0.3 is 9.47 Å². The van der Waals surface area contributed by atoms with E-state index >= 15 is 0 Å². The van der Waals surface area contributed by atoms with E-state index in [0.717, 1.165) is 0 Å². The molecule has 0 fully saturated rings. The first-order valence-electron chi connectivity index (χ1n) is 4.83. The minimum Gasteiger partial charge on any atom is -0.464 e. The van der Waals surface area contributed by atoms with E-state index in [9.17, 15) is 4.39 Å². The Labute approximate surface area is 111 Å². The summed E-state index contributed by atoms with van der Waals surface area (Å²) in [5.74, 6) is -0.309. The zero-order valence-electron chi connectivity index (χ0n) is 8.97. The number of hydrogen-bond acceptors (Lipinski definition) is 2. The zero-order valence-corrected chi connectivity index (χ0v) is 11.3. The molecule has 0 spiro atoms. The quantitative estimate of drug-likeness (QED) is 0.782. The van der Waals surface area contributed by atoms with Crippen LogP contribution in [0.1, 0.15) is 0 Å². The summed E-state index contributed by atoms with van der Waals surface area (Å²) >= 11 is 9.38. The molecule has 0 amide bonds. The summed E-state index contributed by atoms with van der Waals surface area (Å²) in [4.78, 5) is 0. The number of hydrogen-bond donors (Lipinski definition) is 0. The Morgan fingerprint density at radius 2 is 2.18 bits per heavy atom. The molecule has 0 bridgehead atoms. The maximum absolute atomic E-state index is 14.1. The molecule has 0 aliphatic carbocycles. The van der Waals surface area contributed by atoms with E-state index in [1.165, 1.54) is 7.11 Å². The number of fused-ring (bicyclic) bond motifs is 1. The molecule has 0 aromatic heterocycles. The van der Waals surface area contributed by atoms with Gasteiger partial charge in [0, 0.05) is 27.4 Å². The molecule has 0 atom stereocenters. The zero-order chi connectivity index (χ0) is 12.4. The summed E-state index contributed by atoms with van der Waals surface area (Å²) < 4.78 is 24.7. The Hall–Kier alpha value is -0.840. The van der Waals surface area contributed by atoms with Crippen molar-refractivity contribution in [2.75, 3.05) is 13.9 Å². The van der Waals surface area contributed by atoms with Crippen LogP contribution in [0.3, 0.4) is 0 Å². The average molecular weight is 320 g/mol. The number of halogens is 3. The molecule has 0 unspecified atom stereocenters. The van der Waals surface area contributed by atoms with Gasteiger partial charge in [-0.2, -0.15) is 0 Å². The van der Waals surface area contributed by atoms with Gasteiger partial charge in [-0.25, -0.2) is 4.39 Å². The van der Waals surface area contributed by atoms with E-state index in [4.69, 9.17) is 21.1 Å². The number of ether oxygens (including phenoxy) is 2. The van der Waals surface area contributed by atoms with Gasteiger partial charge in [0.2, 0.25) is 0 Å². The number of benzene rings is 2. The van der Waals surface area contributed by atoms with Crippen molar-refractivity contribution in [3.8, 4) is 5.75 Å². The highest BCUT2D eigenvalue weighted by atomic mass is 79.9. The van der Waals surface area contributed by atoms with Crippen molar-refractivity contribution in [1.82, 2.24) is 0 Å². The molecule has 2 nitrogen and oxygen atoms in total. The van der Waals surface area contributed by atoms with Crippen LogP contribution in [0, 0.1) is 5.82 Å². The van der Waals surface area contributed by atoms with E-state index in [1.54, 1.807) is 24.3 Å². The van der Waals surface area contributed by atoms with E-state index < -0.39 is 5.82 Å². The maximum atomic E-state index is 14.1. The standard InChI is InChI=1S/C12H9BrClFO2/c1-16-6-17-10-5-8(13)11-7(12(10)15)3-2-4-9(11)14/h2-5H,6H2,1H3. The monoisotopic (exact) mass is 318 g/mol. The molecule has 0 heterocycles. The molecule has 0 saturated carbocycles. The Morgan fingerprint density at radius 3 is 2.88 bits per heavy atom. The molecule has 2 aromatic carbocycles. The van der Waals surface area contributed by atoms with Gasteiger partial charge in [0.05, 0.1) is 0 Å². The maximum Gasteiger partial charge on any atom is 0.188 e. The SMILES string of the molecule is COCOc1cc(Br)c2c(Cl)cccc2c1F. The molecule has 2 rings (SSSR count). The van der Waals surface area contributed by atoms with Crippen LogP contribution in [-0.2, 0) is 4.74 Å². The van der Waals surface area contributed by atoms with Crippen molar-refractivity contribution in [2.24, 2.45) is 0 Å². The predicted molar refractivity (Wildman–Crippen MR) is 69.1 cm³/mol. The summed E-state index contributed by atoms with van der Waals surface area (Å²) in [5, 5.41) is 1.54. The first-order chi connectivity index (χ1) is 8.15. The highest BCUT2D eigenvalue weighted by Crippen LogP contribution is 2.36. The van der Waals surface area contributed by atoms with Gasteiger partial charge >= 0.3 is 0 Å². The predicted octanol–water partition coefficient (Wildman–Crippen LogP) is 4.38. The molecule has 90 valence electrons. The summed E-state index contributed by atoms with van der Waals surface area (Å²) in [6.07, 6.45) is 0. The van der Waals surface area contributed by atoms with Gasteiger partial charge in [-0.15, -0.1) is 0 Å². The summed E-state index contributed by atoms with van der Waals surface area (Å²) in [6.45, 7) is -0.00453. The molecule has 0 aliphatic rings. The second kappa shape index (κ2) is 5.21. The van der Waals surface area contributed by atoms with Crippen molar-refractivity contribution in [1.29, 1.82) is 0 Å². The fourth-order valence-electron chi connectivity index (χ4n) is 1.56. The van der Waals surface area contributed by atoms with E-state index in [2.05, 4.69) is 15.9 Å². The van der Waals surface area contributed by atoms with Crippen molar-refractivity contribution < 1.29 is 13.9 Å². The lowest BCUT2D eigenvalue weighted by molar-refractivity contribution is 0.0485. The molecule has 0 aliphatic heterocycles. The van der Waals surface area contributed by atoms with Crippen LogP contribution >= 0.6 is 27.5 Å². The van der Waals surface area contributed by atoms with Gasteiger partial charge in [0.15, 0.2) is 18.4 Å². The summed E-state index contributed by atoms with van der Waals surface area (Å²) in [7, 11) is 1.48.